The Morgan fingerprint density at radius 2 is 1.77 bits per heavy atom. The average molecular weight is 486 g/mol. The van der Waals surface area contributed by atoms with Crippen molar-refractivity contribution in [3.05, 3.63) is 94.5 Å². The standard InChI is InChI=1S/C29H28ClN3O2/c1-4-17-35-23-15-13-21(14-16-23)19(3)32-33-29(34)25-18-27(22-11-9-20(5-2)10-12-22)31-28-24(25)7-6-8-26(28)30/h6-16,18H,4-5,17H2,1-3H3,(H,33,34). The van der Waals surface area contributed by atoms with E-state index in [1.54, 1.807) is 12.1 Å². The molecule has 1 amide bonds. The largest absolute Gasteiger partial charge is 0.494 e. The van der Waals surface area contributed by atoms with Crippen molar-refractivity contribution in [3.63, 3.8) is 0 Å². The third-order valence-corrected chi connectivity index (χ3v) is 6.07. The highest BCUT2D eigenvalue weighted by Crippen LogP contribution is 2.29. The summed E-state index contributed by atoms with van der Waals surface area (Å²) in [6, 6.07) is 23.1. The Kier molecular flexibility index (Phi) is 7.78. The van der Waals surface area contributed by atoms with Crippen LogP contribution < -0.4 is 10.2 Å². The molecule has 0 aliphatic heterocycles. The first-order chi connectivity index (χ1) is 17.0. The van der Waals surface area contributed by atoms with E-state index in [1.165, 1.54) is 5.56 Å². The summed E-state index contributed by atoms with van der Waals surface area (Å²) in [5.41, 5.74) is 8.17. The third-order valence-electron chi connectivity index (χ3n) is 5.76. The number of nitrogens with one attached hydrogen (secondary N) is 1. The zero-order valence-electron chi connectivity index (χ0n) is 20.1. The number of halogens is 1. The maximum Gasteiger partial charge on any atom is 0.272 e. The van der Waals surface area contributed by atoms with Crippen LogP contribution in [0.5, 0.6) is 5.75 Å². The van der Waals surface area contributed by atoms with E-state index in [0.29, 0.717) is 39.5 Å². The molecule has 1 heterocycles. The number of para-hydroxylation sites is 1. The van der Waals surface area contributed by atoms with Crippen LogP contribution >= 0.6 is 11.6 Å². The van der Waals surface area contributed by atoms with Crippen LogP contribution in [0, 0.1) is 0 Å². The number of aryl methyl sites for hydroxylation is 1. The molecule has 1 N–H and O–H groups in total. The van der Waals surface area contributed by atoms with Crippen LogP contribution in [0.2, 0.25) is 5.02 Å². The summed E-state index contributed by atoms with van der Waals surface area (Å²) in [7, 11) is 0. The summed E-state index contributed by atoms with van der Waals surface area (Å²) in [4.78, 5) is 18.0. The molecule has 0 fully saturated rings. The summed E-state index contributed by atoms with van der Waals surface area (Å²) in [5, 5.41) is 5.51. The number of hydrogen-bond donors (Lipinski definition) is 1. The van der Waals surface area contributed by atoms with Gasteiger partial charge in [0.15, 0.2) is 0 Å². The number of amides is 1. The monoisotopic (exact) mass is 485 g/mol. The maximum atomic E-state index is 13.3. The molecular formula is C29H28ClN3O2. The molecule has 0 spiro atoms. The Morgan fingerprint density at radius 3 is 2.46 bits per heavy atom. The number of rotatable bonds is 8. The molecule has 0 aliphatic carbocycles. The number of ether oxygens (including phenoxy) is 1. The minimum absolute atomic E-state index is 0.326. The van der Waals surface area contributed by atoms with Crippen molar-refractivity contribution < 1.29 is 9.53 Å². The van der Waals surface area contributed by atoms with Gasteiger partial charge in [-0.2, -0.15) is 5.10 Å². The van der Waals surface area contributed by atoms with Crippen molar-refractivity contribution in [2.75, 3.05) is 6.61 Å². The molecule has 0 saturated carbocycles. The Labute approximate surface area is 210 Å². The smallest absolute Gasteiger partial charge is 0.272 e. The Bertz CT molecular complexity index is 1360. The lowest BCUT2D eigenvalue weighted by molar-refractivity contribution is 0.0956. The minimum Gasteiger partial charge on any atom is -0.494 e. The molecule has 1 aromatic heterocycles. The van der Waals surface area contributed by atoms with Crippen LogP contribution in [0.3, 0.4) is 0 Å². The Balaban J connectivity index is 1.63. The van der Waals surface area contributed by atoms with E-state index >= 15 is 0 Å². The van der Waals surface area contributed by atoms with Crippen molar-refractivity contribution in [2.45, 2.75) is 33.6 Å². The first-order valence-electron chi connectivity index (χ1n) is 11.8. The van der Waals surface area contributed by atoms with Gasteiger partial charge < -0.3 is 4.74 Å². The highest BCUT2D eigenvalue weighted by atomic mass is 35.5. The summed E-state index contributed by atoms with van der Waals surface area (Å²) in [5.74, 6) is 0.486. The van der Waals surface area contributed by atoms with Gasteiger partial charge in [0, 0.05) is 10.9 Å². The summed E-state index contributed by atoms with van der Waals surface area (Å²) >= 11 is 6.46. The molecule has 4 aromatic rings. The number of nitrogens with zero attached hydrogens (tertiary/aromatic N) is 2. The lowest BCUT2D eigenvalue weighted by Gasteiger charge is -2.11. The van der Waals surface area contributed by atoms with Gasteiger partial charge in [-0.3, -0.25) is 4.79 Å². The van der Waals surface area contributed by atoms with Gasteiger partial charge in [-0.15, -0.1) is 0 Å². The molecule has 0 aliphatic rings. The number of hydrogen-bond acceptors (Lipinski definition) is 4. The second-order valence-electron chi connectivity index (χ2n) is 8.25. The number of hydrazone groups is 1. The van der Waals surface area contributed by atoms with Gasteiger partial charge in [-0.1, -0.05) is 61.8 Å². The normalized spacial score (nSPS) is 11.5. The first-order valence-corrected chi connectivity index (χ1v) is 12.1. The van der Waals surface area contributed by atoms with Gasteiger partial charge in [-0.05, 0) is 67.3 Å². The van der Waals surface area contributed by atoms with Gasteiger partial charge in [0.2, 0.25) is 0 Å². The van der Waals surface area contributed by atoms with E-state index in [4.69, 9.17) is 21.3 Å². The van der Waals surface area contributed by atoms with Gasteiger partial charge in [0.25, 0.3) is 5.91 Å². The number of pyridine rings is 1. The van der Waals surface area contributed by atoms with Crippen molar-refractivity contribution in [2.24, 2.45) is 5.10 Å². The fourth-order valence-electron chi connectivity index (χ4n) is 3.73. The van der Waals surface area contributed by atoms with Gasteiger partial charge in [0.1, 0.15) is 5.75 Å². The molecule has 0 unspecified atom stereocenters. The van der Waals surface area contributed by atoms with E-state index < -0.39 is 0 Å². The summed E-state index contributed by atoms with van der Waals surface area (Å²) < 4.78 is 5.63. The van der Waals surface area contributed by atoms with Gasteiger partial charge in [-0.25, -0.2) is 10.4 Å². The second-order valence-corrected chi connectivity index (χ2v) is 8.66. The van der Waals surface area contributed by atoms with Crippen LogP contribution in [0.1, 0.15) is 48.7 Å². The second kappa shape index (κ2) is 11.2. The Hall–Kier alpha value is -3.70. The van der Waals surface area contributed by atoms with Crippen molar-refractivity contribution in [3.8, 4) is 17.0 Å². The van der Waals surface area contributed by atoms with Crippen molar-refractivity contribution in [1.82, 2.24) is 10.4 Å². The van der Waals surface area contributed by atoms with Gasteiger partial charge >= 0.3 is 0 Å². The first kappa shape index (κ1) is 24.4. The van der Waals surface area contributed by atoms with E-state index in [1.807, 2.05) is 55.5 Å². The van der Waals surface area contributed by atoms with Crippen molar-refractivity contribution in [1.29, 1.82) is 0 Å². The molecule has 178 valence electrons. The molecule has 4 rings (SSSR count). The molecule has 5 nitrogen and oxygen atoms in total. The lowest BCUT2D eigenvalue weighted by Crippen LogP contribution is -2.20. The van der Waals surface area contributed by atoms with Crippen LogP contribution in [0.15, 0.2) is 77.9 Å². The molecule has 0 radical (unpaired) electrons. The fraction of sp³-hybridized carbons (Fsp3) is 0.207. The zero-order valence-corrected chi connectivity index (χ0v) is 20.9. The van der Waals surface area contributed by atoms with Crippen molar-refractivity contribution >= 4 is 34.1 Å². The highest BCUT2D eigenvalue weighted by Gasteiger charge is 2.16. The summed E-state index contributed by atoms with van der Waals surface area (Å²) in [6.45, 7) is 6.71. The summed E-state index contributed by atoms with van der Waals surface area (Å²) in [6.07, 6.45) is 1.91. The van der Waals surface area contributed by atoms with E-state index in [-0.39, 0.29) is 5.91 Å². The van der Waals surface area contributed by atoms with E-state index in [9.17, 15) is 4.79 Å². The molecular weight excluding hydrogens is 458 g/mol. The molecule has 6 heteroatoms. The minimum atomic E-state index is -0.326. The average Bonchev–Trinajstić information content (AvgIpc) is 2.90. The fourth-order valence-corrected chi connectivity index (χ4v) is 3.95. The number of carbonyl (C=O) groups excluding carboxylic acids is 1. The molecule has 35 heavy (non-hydrogen) atoms. The third kappa shape index (κ3) is 5.69. The van der Waals surface area contributed by atoms with E-state index in [0.717, 1.165) is 29.7 Å². The SMILES string of the molecule is CCCOc1ccc(C(C)=NNC(=O)c2cc(-c3ccc(CC)cc3)nc3c(Cl)cccc23)cc1. The van der Waals surface area contributed by atoms with Crippen LogP contribution in [0.4, 0.5) is 0 Å². The molecule has 0 bridgehead atoms. The van der Waals surface area contributed by atoms with Crippen LogP contribution in [-0.2, 0) is 6.42 Å². The topological polar surface area (TPSA) is 63.6 Å². The number of carbonyl (C=O) groups is 1. The zero-order chi connectivity index (χ0) is 24.8. The number of fused-ring (bicyclic) bond motifs is 1. The number of benzene rings is 3. The highest BCUT2D eigenvalue weighted by molar-refractivity contribution is 6.35. The maximum absolute atomic E-state index is 13.3. The quantitative estimate of drug-likeness (QED) is 0.214. The van der Waals surface area contributed by atoms with Crippen LogP contribution in [0.25, 0.3) is 22.2 Å². The lowest BCUT2D eigenvalue weighted by atomic mass is 10.0. The van der Waals surface area contributed by atoms with E-state index in [2.05, 4.69) is 36.5 Å². The van der Waals surface area contributed by atoms with Crippen LogP contribution in [-0.4, -0.2) is 23.2 Å². The predicted molar refractivity (Wildman–Crippen MR) is 143 cm³/mol. The van der Waals surface area contributed by atoms with Gasteiger partial charge in [0.05, 0.1) is 34.1 Å². The molecule has 0 saturated heterocycles. The molecule has 0 atom stereocenters. The predicted octanol–water partition coefficient (Wildman–Crippen LogP) is 7.06. The molecule has 3 aromatic carbocycles. The Morgan fingerprint density at radius 1 is 1.03 bits per heavy atom. The number of aromatic nitrogens is 1.